The van der Waals surface area contributed by atoms with Gasteiger partial charge in [-0.3, -0.25) is 4.79 Å². The molecular formula is C26H41KO6. The summed E-state index contributed by atoms with van der Waals surface area (Å²) in [4.78, 5) is 23.8. The molecule has 33 heavy (non-hydrogen) atoms. The van der Waals surface area contributed by atoms with E-state index in [0.717, 1.165) is 6.42 Å². The fourth-order valence-corrected chi connectivity index (χ4v) is 4.81. The Kier molecular flexibility index (Phi) is 12.5. The van der Waals surface area contributed by atoms with Crippen LogP contribution in [0.4, 0.5) is 0 Å². The minimum atomic E-state index is -1.32. The summed E-state index contributed by atoms with van der Waals surface area (Å²) in [6.45, 7) is 11.5. The molecule has 0 heterocycles. The number of carbonyl (C=O) groups excluding carboxylic acids is 2. The van der Waals surface area contributed by atoms with Crippen molar-refractivity contribution < 1.29 is 81.0 Å². The minimum absolute atomic E-state index is 0. The van der Waals surface area contributed by atoms with Crippen molar-refractivity contribution in [3.05, 3.63) is 23.8 Å². The van der Waals surface area contributed by atoms with Gasteiger partial charge in [0.25, 0.3) is 0 Å². The molecule has 0 bridgehead atoms. The van der Waals surface area contributed by atoms with Crippen LogP contribution in [0.2, 0.25) is 0 Å². The Labute approximate surface area is 241 Å². The maximum absolute atomic E-state index is 12.9. The number of aliphatic hydroxyl groups excluding tert-OH is 2. The van der Waals surface area contributed by atoms with Crippen LogP contribution in [-0.4, -0.2) is 40.5 Å². The van der Waals surface area contributed by atoms with E-state index in [1.165, 1.54) is 12.5 Å². The van der Waals surface area contributed by atoms with Gasteiger partial charge in [0.15, 0.2) is 0 Å². The molecule has 0 aromatic heterocycles. The number of hydrogen-bond donors (Lipinski definition) is 2. The van der Waals surface area contributed by atoms with E-state index < -0.39 is 29.5 Å². The first kappa shape index (κ1) is 31.0. The zero-order valence-electron chi connectivity index (χ0n) is 21.4. The average Bonchev–Trinajstić information content (AvgIpc) is 2.72. The van der Waals surface area contributed by atoms with E-state index in [1.54, 1.807) is 0 Å². The molecule has 0 fully saturated rings. The third-order valence-electron chi connectivity index (χ3n) is 7.59. The van der Waals surface area contributed by atoms with Gasteiger partial charge in [-0.05, 0) is 69.3 Å². The summed E-state index contributed by atoms with van der Waals surface area (Å²) in [5.41, 5.74) is 0.664. The average molecular weight is 489 g/mol. The van der Waals surface area contributed by atoms with Gasteiger partial charge in [0.1, 0.15) is 6.10 Å². The van der Waals surface area contributed by atoms with Crippen molar-refractivity contribution in [2.75, 3.05) is 0 Å². The Morgan fingerprint density at radius 3 is 2.48 bits per heavy atom. The summed E-state index contributed by atoms with van der Waals surface area (Å²) in [5, 5.41) is 31.5. The topological polar surface area (TPSA) is 107 Å². The molecule has 0 spiro atoms. The fraction of sp³-hybridized carbons (Fsp3) is 0.769. The molecule has 0 radical (unpaired) electrons. The van der Waals surface area contributed by atoms with Crippen LogP contribution in [0.3, 0.4) is 0 Å². The van der Waals surface area contributed by atoms with Crippen molar-refractivity contribution in [3.63, 3.8) is 0 Å². The third-order valence-corrected chi connectivity index (χ3v) is 7.59. The number of ether oxygens (including phenoxy) is 1. The maximum Gasteiger partial charge on any atom is 1.00 e. The number of carboxylic acid groups (broad SMARTS) is 1. The van der Waals surface area contributed by atoms with Crippen LogP contribution < -0.4 is 56.5 Å². The molecule has 2 rings (SSSR count). The van der Waals surface area contributed by atoms with Crippen LogP contribution in [-0.2, 0) is 14.3 Å². The molecular weight excluding hydrogens is 447 g/mol. The van der Waals surface area contributed by atoms with E-state index in [4.69, 9.17) is 4.74 Å². The second kappa shape index (κ2) is 13.3. The maximum atomic E-state index is 12.9. The molecule has 8 atom stereocenters. The van der Waals surface area contributed by atoms with Gasteiger partial charge in [-0.2, -0.15) is 0 Å². The van der Waals surface area contributed by atoms with Crippen molar-refractivity contribution in [2.24, 2.45) is 35.0 Å². The standard InChI is InChI=1S/C26H42O6.K/c1-7-26(5,6)25(31)32-22-13-15(2)12-18-9-8-16(3)20(23(18)22)11-10-19(27)14-21(28)17(4)24(29)30;/h8-9,12,15-17,19-23,27-28H,7,10-11,13-14H2,1-6H3,(H,29,30);/q;+1/p-1/t15-,16-,17+,19?,20?,21+,22-,23?;/m0./s1. The van der Waals surface area contributed by atoms with E-state index in [0.29, 0.717) is 25.2 Å². The van der Waals surface area contributed by atoms with Gasteiger partial charge in [-0.15, -0.1) is 0 Å². The van der Waals surface area contributed by atoms with Crippen molar-refractivity contribution in [3.8, 4) is 0 Å². The summed E-state index contributed by atoms with van der Waals surface area (Å²) in [6.07, 6.45) is 7.06. The number of aliphatic hydroxyl groups is 2. The number of carbonyl (C=O) groups is 2. The van der Waals surface area contributed by atoms with E-state index in [-0.39, 0.29) is 87.6 Å². The Morgan fingerprint density at radius 1 is 1.27 bits per heavy atom. The van der Waals surface area contributed by atoms with Crippen LogP contribution in [0.1, 0.15) is 73.6 Å². The van der Waals surface area contributed by atoms with E-state index in [1.807, 2.05) is 20.8 Å². The van der Waals surface area contributed by atoms with Crippen molar-refractivity contribution >= 4 is 11.9 Å². The first-order chi connectivity index (χ1) is 14.9. The summed E-state index contributed by atoms with van der Waals surface area (Å²) in [6, 6.07) is 0. The summed E-state index contributed by atoms with van der Waals surface area (Å²) >= 11 is 0. The van der Waals surface area contributed by atoms with Crippen molar-refractivity contribution in [1.82, 2.24) is 0 Å². The number of hydrogen-bond acceptors (Lipinski definition) is 6. The second-order valence-electron chi connectivity index (χ2n) is 10.6. The zero-order chi connectivity index (χ0) is 24.2. The Bertz CT molecular complexity index is 730. The predicted molar refractivity (Wildman–Crippen MR) is 121 cm³/mol. The molecule has 2 aliphatic carbocycles. The molecule has 182 valence electrons. The predicted octanol–water partition coefficient (Wildman–Crippen LogP) is 0.0210. The molecule has 7 heteroatoms. The first-order valence-electron chi connectivity index (χ1n) is 12.0. The van der Waals surface area contributed by atoms with Crippen LogP contribution >= 0.6 is 0 Å². The number of fused-ring (bicyclic) bond motifs is 1. The Hall–Kier alpha value is -0.0236. The number of aliphatic carboxylic acids is 1. The largest absolute Gasteiger partial charge is 1.00 e. The first-order valence-corrected chi connectivity index (χ1v) is 12.0. The Morgan fingerprint density at radius 2 is 1.91 bits per heavy atom. The van der Waals surface area contributed by atoms with Gasteiger partial charge in [-0.1, -0.05) is 45.9 Å². The van der Waals surface area contributed by atoms with Gasteiger partial charge in [-0.25, -0.2) is 0 Å². The van der Waals surface area contributed by atoms with Gasteiger partial charge in [0, 0.05) is 17.8 Å². The smallest absolute Gasteiger partial charge is 0.550 e. The van der Waals surface area contributed by atoms with Crippen LogP contribution in [0, 0.1) is 35.0 Å². The molecule has 0 aliphatic heterocycles. The molecule has 0 amide bonds. The Balaban J connectivity index is 0.00000544. The third kappa shape index (κ3) is 8.26. The minimum Gasteiger partial charge on any atom is -0.550 e. The SMILES string of the molecule is CCC(C)(C)C(=O)O[C@H]1C[C@@H](C)C=C2C=C[C@H](C)C(CCC(O)C[C@@H](O)[C@@H](C)C(=O)[O-])C21.[K+]. The molecule has 0 saturated carbocycles. The fourth-order valence-electron chi connectivity index (χ4n) is 4.81. The van der Waals surface area contributed by atoms with Gasteiger partial charge < -0.3 is 24.9 Å². The summed E-state index contributed by atoms with van der Waals surface area (Å²) in [7, 11) is 0. The summed E-state index contributed by atoms with van der Waals surface area (Å²) < 4.78 is 6.11. The van der Waals surface area contributed by atoms with E-state index in [2.05, 4.69) is 32.1 Å². The van der Waals surface area contributed by atoms with E-state index >= 15 is 0 Å². The molecule has 2 aliphatic rings. The van der Waals surface area contributed by atoms with Crippen molar-refractivity contribution in [1.29, 1.82) is 0 Å². The number of allylic oxidation sites excluding steroid dienone is 3. The molecule has 3 unspecified atom stereocenters. The quantitative estimate of drug-likeness (QED) is 0.332. The zero-order valence-corrected chi connectivity index (χ0v) is 24.5. The normalized spacial score (nSPS) is 29.7. The van der Waals surface area contributed by atoms with Gasteiger partial charge in [0.2, 0.25) is 0 Å². The molecule has 6 nitrogen and oxygen atoms in total. The van der Waals surface area contributed by atoms with Crippen molar-refractivity contribution in [2.45, 2.75) is 92.0 Å². The van der Waals surface area contributed by atoms with E-state index in [9.17, 15) is 24.9 Å². The number of carboxylic acids is 1. The monoisotopic (exact) mass is 488 g/mol. The summed E-state index contributed by atoms with van der Waals surface area (Å²) in [5.74, 6) is -1.69. The molecule has 0 aromatic rings. The van der Waals surface area contributed by atoms with Crippen LogP contribution in [0.5, 0.6) is 0 Å². The second-order valence-corrected chi connectivity index (χ2v) is 10.6. The number of rotatable bonds is 10. The molecule has 0 saturated heterocycles. The van der Waals surface area contributed by atoms with Crippen LogP contribution in [0.25, 0.3) is 0 Å². The molecule has 0 aromatic carbocycles. The molecule has 2 N–H and O–H groups in total. The number of esters is 1. The van der Waals surface area contributed by atoms with Crippen LogP contribution in [0.15, 0.2) is 23.8 Å². The van der Waals surface area contributed by atoms with Gasteiger partial charge in [0.05, 0.1) is 17.6 Å². The van der Waals surface area contributed by atoms with Gasteiger partial charge >= 0.3 is 57.4 Å².